The largest absolute Gasteiger partial charge is 0.469 e. The van der Waals surface area contributed by atoms with Gasteiger partial charge in [-0.1, -0.05) is 31.2 Å². The lowest BCUT2D eigenvalue weighted by molar-refractivity contribution is -0.146. The number of rotatable bonds is 8. The van der Waals surface area contributed by atoms with Crippen LogP contribution in [-0.2, 0) is 26.2 Å². The Kier molecular flexibility index (Phi) is 7.35. The molecule has 2 heterocycles. The van der Waals surface area contributed by atoms with Crippen LogP contribution in [0.5, 0.6) is 0 Å². The van der Waals surface area contributed by atoms with E-state index in [-0.39, 0.29) is 17.2 Å². The van der Waals surface area contributed by atoms with Crippen LogP contribution in [0.15, 0.2) is 59.8 Å². The average Bonchev–Trinajstić information content (AvgIpc) is 3.21. The number of ether oxygens (including phenoxy) is 1. The number of carbonyl (C=O) groups excluding carboxylic acids is 2. The molecule has 1 aromatic heterocycles. The molecule has 2 aromatic rings. The topological polar surface area (TPSA) is 118 Å². The fourth-order valence-corrected chi connectivity index (χ4v) is 4.98. The number of esters is 1. The molecule has 0 radical (unpaired) electrons. The number of allylic oxidation sites excluding steroid dienone is 1. The van der Waals surface area contributed by atoms with Crippen LogP contribution < -0.4 is 11.1 Å². The lowest BCUT2D eigenvalue weighted by Gasteiger charge is -2.23. The Balaban J connectivity index is 1.74. The third-order valence-electron chi connectivity index (χ3n) is 5.70. The first-order valence-electron chi connectivity index (χ1n) is 10.3. The number of aromatic nitrogens is 1. The van der Waals surface area contributed by atoms with E-state index in [1.807, 2.05) is 24.3 Å². The number of methoxy groups -OCH3 is 1. The van der Waals surface area contributed by atoms with Crippen LogP contribution in [0.1, 0.15) is 30.5 Å². The predicted octanol–water partition coefficient (Wildman–Crippen LogP) is 2.79. The van der Waals surface area contributed by atoms with Crippen molar-refractivity contribution in [2.45, 2.75) is 31.7 Å². The number of benzene rings is 1. The van der Waals surface area contributed by atoms with Gasteiger partial charge in [0.05, 0.1) is 17.9 Å². The molecular weight excluding hydrogens is 424 g/mol. The van der Waals surface area contributed by atoms with Gasteiger partial charge in [-0.25, -0.2) is 0 Å². The summed E-state index contributed by atoms with van der Waals surface area (Å²) in [7, 11) is 1.34. The molecule has 32 heavy (non-hydrogen) atoms. The van der Waals surface area contributed by atoms with Gasteiger partial charge in [0.2, 0.25) is 0 Å². The number of carbonyl (C=O) groups is 2. The van der Waals surface area contributed by atoms with E-state index in [0.717, 1.165) is 16.9 Å². The molecule has 7 nitrogen and oxygen atoms in total. The monoisotopic (exact) mass is 452 g/mol. The Bertz CT molecular complexity index is 1040. The summed E-state index contributed by atoms with van der Waals surface area (Å²) in [4.78, 5) is 30.2. The molecule has 0 fully saturated rings. The summed E-state index contributed by atoms with van der Waals surface area (Å²) in [6.45, 7) is 3.90. The fourth-order valence-electron chi connectivity index (χ4n) is 3.74. The van der Waals surface area contributed by atoms with E-state index in [1.54, 1.807) is 37.5 Å². The number of nitrogens with one attached hydrogen (secondary N) is 2. The van der Waals surface area contributed by atoms with Crippen LogP contribution in [-0.4, -0.2) is 41.6 Å². The van der Waals surface area contributed by atoms with Crippen molar-refractivity contribution in [1.82, 2.24) is 10.3 Å². The lowest BCUT2D eigenvalue weighted by atomic mass is 9.85. The molecule has 1 amide bonds. The molecule has 3 atom stereocenters. The van der Waals surface area contributed by atoms with E-state index in [0.29, 0.717) is 16.9 Å². The first-order chi connectivity index (χ1) is 15.2. The Morgan fingerprint density at radius 2 is 2.03 bits per heavy atom. The normalized spacial score (nSPS) is 19.5. The van der Waals surface area contributed by atoms with E-state index >= 15 is 0 Å². The minimum Gasteiger partial charge on any atom is -0.469 e. The van der Waals surface area contributed by atoms with Crippen LogP contribution in [0.3, 0.4) is 0 Å². The van der Waals surface area contributed by atoms with Crippen molar-refractivity contribution >= 4 is 29.5 Å². The molecule has 1 aliphatic heterocycles. The maximum atomic E-state index is 13.0. The summed E-state index contributed by atoms with van der Waals surface area (Å²) in [5.41, 5.74) is 7.87. The summed E-state index contributed by atoms with van der Waals surface area (Å²) < 4.78 is 5.00. The summed E-state index contributed by atoms with van der Waals surface area (Å²) in [6.07, 6.45) is 5.84. The number of thioether (sulfide) groups is 1. The molecule has 168 valence electrons. The first-order valence-corrected chi connectivity index (χ1v) is 11.3. The van der Waals surface area contributed by atoms with E-state index < -0.39 is 17.9 Å². The van der Waals surface area contributed by atoms with Crippen molar-refractivity contribution in [2.75, 3.05) is 12.9 Å². The van der Waals surface area contributed by atoms with Crippen LogP contribution in [0.25, 0.3) is 0 Å². The van der Waals surface area contributed by atoms with Crippen molar-refractivity contribution < 1.29 is 14.3 Å². The van der Waals surface area contributed by atoms with Gasteiger partial charge in [-0.05, 0) is 42.7 Å². The van der Waals surface area contributed by atoms with Crippen LogP contribution in [0.4, 0.5) is 0 Å². The molecule has 0 aliphatic carbocycles. The second-order valence-electron chi connectivity index (χ2n) is 8.16. The van der Waals surface area contributed by atoms with E-state index in [1.165, 1.54) is 18.9 Å². The Labute approximate surface area is 192 Å². The maximum absolute atomic E-state index is 13.0. The van der Waals surface area contributed by atoms with Gasteiger partial charge in [-0.2, -0.15) is 0 Å². The van der Waals surface area contributed by atoms with Crippen molar-refractivity contribution in [3.05, 3.63) is 76.5 Å². The van der Waals surface area contributed by atoms with Crippen molar-refractivity contribution in [3.8, 4) is 0 Å². The van der Waals surface area contributed by atoms with Crippen LogP contribution in [0.2, 0.25) is 0 Å². The van der Waals surface area contributed by atoms with Crippen molar-refractivity contribution in [2.24, 2.45) is 11.7 Å². The number of amides is 1. The number of nitrogens with zero attached hydrogens (tertiary/aromatic N) is 1. The zero-order valence-corrected chi connectivity index (χ0v) is 19.2. The Morgan fingerprint density at radius 3 is 2.69 bits per heavy atom. The quantitative estimate of drug-likeness (QED) is 0.322. The minimum atomic E-state index is -0.579. The predicted molar refractivity (Wildman–Crippen MR) is 126 cm³/mol. The van der Waals surface area contributed by atoms with Crippen molar-refractivity contribution in [3.63, 3.8) is 0 Å². The highest BCUT2D eigenvalue weighted by Gasteiger charge is 2.35. The summed E-state index contributed by atoms with van der Waals surface area (Å²) in [5, 5.41) is 10.6. The first kappa shape index (κ1) is 23.5. The van der Waals surface area contributed by atoms with Gasteiger partial charge in [-0.15, -0.1) is 11.8 Å². The zero-order chi connectivity index (χ0) is 23.3. The number of nitrogen functional groups attached to an aromatic ring is 1. The van der Waals surface area contributed by atoms with Gasteiger partial charge in [-0.3, -0.25) is 20.0 Å². The average molecular weight is 453 g/mol. The highest BCUT2D eigenvalue weighted by molar-refractivity contribution is 8.04. The Morgan fingerprint density at radius 1 is 1.31 bits per heavy atom. The van der Waals surface area contributed by atoms with E-state index in [2.05, 4.69) is 17.2 Å². The molecule has 8 heteroatoms. The van der Waals surface area contributed by atoms with Crippen molar-refractivity contribution in [1.29, 1.82) is 5.41 Å². The number of hydrogen-bond donors (Lipinski definition) is 3. The highest BCUT2D eigenvalue weighted by atomic mass is 32.2. The third kappa shape index (κ3) is 5.37. The van der Waals surface area contributed by atoms with Gasteiger partial charge >= 0.3 is 5.97 Å². The van der Waals surface area contributed by atoms with E-state index in [9.17, 15) is 9.59 Å². The molecule has 1 aromatic carbocycles. The minimum absolute atomic E-state index is 0.0368. The molecule has 0 bridgehead atoms. The second kappa shape index (κ2) is 9.99. The molecule has 0 spiro atoms. The zero-order valence-electron chi connectivity index (χ0n) is 18.4. The highest BCUT2D eigenvalue weighted by Crippen LogP contribution is 2.40. The maximum Gasteiger partial charge on any atom is 0.311 e. The lowest BCUT2D eigenvalue weighted by Crippen LogP contribution is -2.43. The molecule has 3 unspecified atom stereocenters. The molecule has 0 saturated heterocycles. The summed E-state index contributed by atoms with van der Waals surface area (Å²) in [6, 6.07) is 10.7. The second-order valence-corrected chi connectivity index (χ2v) is 9.18. The Hall–Kier alpha value is -3.13. The van der Waals surface area contributed by atoms with Gasteiger partial charge < -0.3 is 15.8 Å². The van der Waals surface area contributed by atoms with Gasteiger partial charge in [0.15, 0.2) is 0 Å². The number of amidine groups is 1. The summed E-state index contributed by atoms with van der Waals surface area (Å²) >= 11 is 1.50. The number of pyridine rings is 1. The molecule has 3 rings (SSSR count). The third-order valence-corrected chi connectivity index (χ3v) is 7.06. The molecule has 0 saturated carbocycles. The van der Waals surface area contributed by atoms with Gasteiger partial charge in [0.1, 0.15) is 5.84 Å². The van der Waals surface area contributed by atoms with Gasteiger partial charge in [0.25, 0.3) is 5.91 Å². The van der Waals surface area contributed by atoms with E-state index in [4.69, 9.17) is 15.9 Å². The van der Waals surface area contributed by atoms with Gasteiger partial charge in [0, 0.05) is 35.2 Å². The molecule has 4 N–H and O–H groups in total. The number of nitrogens with two attached hydrogens (primary N) is 1. The standard InChI is InChI=1S/C24H28N4O3S/c1-15(19(23(30)31-3)12-16-5-4-6-17(11-16)21(25)26)28-22(29)20-13-24(2,14-32-20)18-7-9-27-10-8-18/h4-11,13,15,19H,12,14H2,1-3H3,(H3,25,26)(H,28,29). The van der Waals surface area contributed by atoms with Crippen LogP contribution in [0, 0.1) is 11.3 Å². The molecule has 1 aliphatic rings. The van der Waals surface area contributed by atoms with Crippen LogP contribution >= 0.6 is 11.8 Å². The fraction of sp³-hybridized carbons (Fsp3) is 0.333. The SMILES string of the molecule is COC(=O)C(Cc1cccc(C(=N)N)c1)C(C)NC(=O)C1=CC(C)(c2ccncc2)CS1. The molecular formula is C24H28N4O3S. The number of hydrogen-bond acceptors (Lipinski definition) is 6. The summed E-state index contributed by atoms with van der Waals surface area (Å²) in [5.74, 6) is -0.464. The smallest absolute Gasteiger partial charge is 0.311 e.